The molecule has 90 valence electrons. The first-order valence-electron chi connectivity index (χ1n) is 5.40. The van der Waals surface area contributed by atoms with Crippen LogP contribution in [0.3, 0.4) is 0 Å². The molecule has 1 aliphatic heterocycles. The lowest BCUT2D eigenvalue weighted by molar-refractivity contribution is -0.149. The van der Waals surface area contributed by atoms with Gasteiger partial charge in [-0.3, -0.25) is 19.8 Å². The van der Waals surface area contributed by atoms with Gasteiger partial charge in [0.2, 0.25) is 11.8 Å². The molecule has 1 saturated heterocycles. The van der Waals surface area contributed by atoms with E-state index in [9.17, 15) is 9.59 Å². The molecule has 2 rings (SSSR count). The smallest absolute Gasteiger partial charge is 0.246 e. The monoisotopic (exact) mass is 296 g/mol. The van der Waals surface area contributed by atoms with E-state index < -0.39 is 0 Å². The Morgan fingerprint density at radius 2 is 2.12 bits per heavy atom. The van der Waals surface area contributed by atoms with Crippen LogP contribution in [0.1, 0.15) is 12.5 Å². The topological polar surface area (TPSA) is 49.4 Å². The number of imide groups is 1. The molecule has 0 aromatic heterocycles. The van der Waals surface area contributed by atoms with Crippen LogP contribution in [0.2, 0.25) is 0 Å². The Labute approximate surface area is 108 Å². The first-order valence-corrected chi connectivity index (χ1v) is 6.20. The van der Waals surface area contributed by atoms with E-state index in [4.69, 9.17) is 0 Å². The minimum Gasteiger partial charge on any atom is -0.298 e. The molecule has 2 amide bonds. The highest BCUT2D eigenvalue weighted by atomic mass is 79.9. The van der Waals surface area contributed by atoms with Crippen LogP contribution in [0.4, 0.5) is 0 Å². The Morgan fingerprint density at radius 1 is 1.41 bits per heavy atom. The minimum atomic E-state index is -0.296. The molecule has 0 bridgehead atoms. The van der Waals surface area contributed by atoms with E-state index in [0.717, 1.165) is 10.0 Å². The van der Waals surface area contributed by atoms with Crippen LogP contribution in [0, 0.1) is 0 Å². The van der Waals surface area contributed by atoms with Crippen molar-refractivity contribution in [2.75, 3.05) is 6.54 Å². The summed E-state index contributed by atoms with van der Waals surface area (Å²) in [6, 6.07) is 7.29. The molecule has 0 aliphatic carbocycles. The van der Waals surface area contributed by atoms with Gasteiger partial charge >= 0.3 is 0 Å². The summed E-state index contributed by atoms with van der Waals surface area (Å²) in [6.45, 7) is 2.31. The van der Waals surface area contributed by atoms with Crippen LogP contribution in [0.15, 0.2) is 28.7 Å². The number of nitrogens with one attached hydrogen (secondary N) is 1. The Hall–Kier alpha value is -1.20. The molecule has 1 fully saturated rings. The molecule has 1 aromatic carbocycles. The van der Waals surface area contributed by atoms with E-state index in [0.29, 0.717) is 6.54 Å². The zero-order valence-corrected chi connectivity index (χ0v) is 11.0. The van der Waals surface area contributed by atoms with Crippen molar-refractivity contribution < 1.29 is 9.59 Å². The van der Waals surface area contributed by atoms with Crippen LogP contribution in [0.25, 0.3) is 0 Å². The fourth-order valence-corrected chi connectivity index (χ4v) is 2.15. The quantitative estimate of drug-likeness (QED) is 0.837. The lowest BCUT2D eigenvalue weighted by atomic mass is 10.1. The maximum atomic E-state index is 11.9. The molecule has 1 N–H and O–H groups in total. The molecular weight excluding hydrogens is 284 g/mol. The standard InChI is InChI=1S/C12H13BrN2O2/c1-8-12(17)15(11(16)6-14-8)7-9-4-2-3-5-10(9)13/h2-5,8,14H,6-7H2,1H3. The van der Waals surface area contributed by atoms with Crippen LogP contribution in [0.5, 0.6) is 0 Å². The Morgan fingerprint density at radius 3 is 2.82 bits per heavy atom. The van der Waals surface area contributed by atoms with Crippen molar-refractivity contribution in [3.63, 3.8) is 0 Å². The zero-order chi connectivity index (χ0) is 12.4. The lowest BCUT2D eigenvalue weighted by Crippen LogP contribution is -2.56. The molecule has 0 radical (unpaired) electrons. The van der Waals surface area contributed by atoms with Crippen LogP contribution >= 0.6 is 15.9 Å². The highest BCUT2D eigenvalue weighted by molar-refractivity contribution is 9.10. The third kappa shape index (κ3) is 2.56. The predicted molar refractivity (Wildman–Crippen MR) is 67.2 cm³/mol. The normalized spacial score (nSPS) is 20.8. The van der Waals surface area contributed by atoms with Gasteiger partial charge in [-0.05, 0) is 18.6 Å². The molecule has 17 heavy (non-hydrogen) atoms. The number of hydrogen-bond acceptors (Lipinski definition) is 3. The number of hydrogen-bond donors (Lipinski definition) is 1. The second-order valence-corrected chi connectivity index (χ2v) is 4.87. The van der Waals surface area contributed by atoms with E-state index in [1.54, 1.807) is 6.92 Å². The van der Waals surface area contributed by atoms with E-state index in [2.05, 4.69) is 21.2 Å². The summed E-state index contributed by atoms with van der Waals surface area (Å²) in [7, 11) is 0. The van der Waals surface area contributed by atoms with Gasteiger partial charge in [-0.2, -0.15) is 0 Å². The Balaban J connectivity index is 2.20. The summed E-state index contributed by atoms with van der Waals surface area (Å²) in [5.41, 5.74) is 0.934. The molecule has 1 heterocycles. The fraction of sp³-hybridized carbons (Fsp3) is 0.333. The van der Waals surface area contributed by atoms with Crippen LogP contribution in [-0.4, -0.2) is 29.3 Å². The number of halogens is 1. The third-order valence-corrected chi connectivity index (χ3v) is 3.56. The van der Waals surface area contributed by atoms with E-state index in [1.807, 2.05) is 24.3 Å². The van der Waals surface area contributed by atoms with Gasteiger partial charge in [-0.25, -0.2) is 0 Å². The van der Waals surface area contributed by atoms with Gasteiger partial charge < -0.3 is 0 Å². The van der Waals surface area contributed by atoms with E-state index in [-0.39, 0.29) is 24.4 Å². The summed E-state index contributed by atoms with van der Waals surface area (Å²) in [5, 5.41) is 2.86. The van der Waals surface area contributed by atoms with Crippen LogP contribution < -0.4 is 5.32 Å². The van der Waals surface area contributed by atoms with E-state index in [1.165, 1.54) is 4.90 Å². The van der Waals surface area contributed by atoms with Crippen molar-refractivity contribution in [3.8, 4) is 0 Å². The Bertz CT molecular complexity index is 462. The molecular formula is C12H13BrN2O2. The molecule has 1 aliphatic rings. The van der Waals surface area contributed by atoms with E-state index >= 15 is 0 Å². The number of amides is 2. The molecule has 1 unspecified atom stereocenters. The van der Waals surface area contributed by atoms with Crippen molar-refractivity contribution in [2.24, 2.45) is 0 Å². The van der Waals surface area contributed by atoms with Crippen molar-refractivity contribution >= 4 is 27.7 Å². The summed E-state index contributed by atoms with van der Waals surface area (Å²) in [5.74, 6) is -0.346. The van der Waals surface area contributed by atoms with Gasteiger partial charge in [0, 0.05) is 4.47 Å². The number of carbonyl (C=O) groups is 2. The van der Waals surface area contributed by atoms with Crippen molar-refractivity contribution in [2.45, 2.75) is 19.5 Å². The van der Waals surface area contributed by atoms with Gasteiger partial charge in [0.25, 0.3) is 0 Å². The molecule has 5 heteroatoms. The number of piperazine rings is 1. The highest BCUT2D eigenvalue weighted by Crippen LogP contribution is 2.19. The summed E-state index contributed by atoms with van der Waals surface area (Å²) < 4.78 is 0.909. The summed E-state index contributed by atoms with van der Waals surface area (Å²) in [4.78, 5) is 24.9. The maximum Gasteiger partial charge on any atom is 0.246 e. The summed E-state index contributed by atoms with van der Waals surface area (Å²) in [6.07, 6.45) is 0. The lowest BCUT2D eigenvalue weighted by Gasteiger charge is -2.30. The van der Waals surface area contributed by atoms with Crippen molar-refractivity contribution in [3.05, 3.63) is 34.3 Å². The highest BCUT2D eigenvalue weighted by Gasteiger charge is 2.31. The molecule has 4 nitrogen and oxygen atoms in total. The first-order chi connectivity index (χ1) is 8.09. The van der Waals surface area contributed by atoms with Crippen molar-refractivity contribution in [1.29, 1.82) is 0 Å². The van der Waals surface area contributed by atoms with Gasteiger partial charge in [0.1, 0.15) is 0 Å². The van der Waals surface area contributed by atoms with Gasteiger partial charge in [0.05, 0.1) is 19.1 Å². The number of carbonyl (C=O) groups excluding carboxylic acids is 2. The average molecular weight is 297 g/mol. The van der Waals surface area contributed by atoms with Gasteiger partial charge in [0.15, 0.2) is 0 Å². The Kier molecular flexibility index (Phi) is 3.59. The molecule has 1 aromatic rings. The largest absolute Gasteiger partial charge is 0.298 e. The molecule has 0 saturated carbocycles. The number of nitrogens with zero attached hydrogens (tertiary/aromatic N) is 1. The minimum absolute atomic E-state index is 0.169. The van der Waals surface area contributed by atoms with Crippen molar-refractivity contribution in [1.82, 2.24) is 10.2 Å². The SMILES string of the molecule is CC1NCC(=O)N(Cc2ccccc2Br)C1=O. The third-order valence-electron chi connectivity index (χ3n) is 2.78. The van der Waals surface area contributed by atoms with Crippen LogP contribution in [-0.2, 0) is 16.1 Å². The predicted octanol–water partition coefficient (Wildman–Crippen LogP) is 1.30. The van der Waals surface area contributed by atoms with Gasteiger partial charge in [-0.15, -0.1) is 0 Å². The number of rotatable bonds is 2. The molecule has 1 atom stereocenters. The van der Waals surface area contributed by atoms with Gasteiger partial charge in [-0.1, -0.05) is 34.1 Å². The average Bonchev–Trinajstić information content (AvgIpc) is 2.32. The molecule has 0 spiro atoms. The number of benzene rings is 1. The summed E-state index contributed by atoms with van der Waals surface area (Å²) >= 11 is 3.41. The fourth-order valence-electron chi connectivity index (χ4n) is 1.74. The zero-order valence-electron chi connectivity index (χ0n) is 9.44. The maximum absolute atomic E-state index is 11.9. The second kappa shape index (κ2) is 4.98. The second-order valence-electron chi connectivity index (χ2n) is 4.01. The first kappa shape index (κ1) is 12.3.